The highest BCUT2D eigenvalue weighted by Gasteiger charge is 2.20. The molecule has 1 aromatic rings. The Morgan fingerprint density at radius 1 is 1.30 bits per heavy atom. The lowest BCUT2D eigenvalue weighted by molar-refractivity contribution is 0.0522. The molecule has 0 spiro atoms. The van der Waals surface area contributed by atoms with Crippen molar-refractivity contribution in [3.63, 3.8) is 0 Å². The predicted molar refractivity (Wildman–Crippen MR) is 91.7 cm³/mol. The average molecular weight is 365 g/mol. The van der Waals surface area contributed by atoms with Crippen molar-refractivity contribution in [2.45, 2.75) is 52.3 Å². The molecular formula is C16H23Cl2FN2O2. The van der Waals surface area contributed by atoms with Crippen molar-refractivity contribution in [3.8, 4) is 0 Å². The molecule has 0 aliphatic rings. The maximum Gasteiger partial charge on any atom is 0.407 e. The molecule has 7 heteroatoms. The predicted octanol–water partition coefficient (Wildman–Crippen LogP) is 4.70. The molecular weight excluding hydrogens is 342 g/mol. The van der Waals surface area contributed by atoms with Crippen LogP contribution in [0.1, 0.15) is 46.2 Å². The van der Waals surface area contributed by atoms with Gasteiger partial charge in [0.1, 0.15) is 11.4 Å². The van der Waals surface area contributed by atoms with Gasteiger partial charge < -0.3 is 15.4 Å². The number of halogens is 3. The number of hydrogen-bond acceptors (Lipinski definition) is 3. The summed E-state index contributed by atoms with van der Waals surface area (Å²) in [4.78, 5) is 11.6. The minimum absolute atomic E-state index is 0.00445. The zero-order chi connectivity index (χ0) is 17.8. The fourth-order valence-electron chi connectivity index (χ4n) is 2.06. The summed E-state index contributed by atoms with van der Waals surface area (Å²) in [5.41, 5.74) is -0.0473. The Kier molecular flexibility index (Phi) is 7.11. The fourth-order valence-corrected chi connectivity index (χ4v) is 2.76. The van der Waals surface area contributed by atoms with Gasteiger partial charge in [0.25, 0.3) is 0 Å². The van der Waals surface area contributed by atoms with E-state index in [2.05, 4.69) is 10.6 Å². The molecule has 0 fully saturated rings. The molecule has 1 amide bonds. The van der Waals surface area contributed by atoms with Gasteiger partial charge in [-0.2, -0.15) is 0 Å². The summed E-state index contributed by atoms with van der Waals surface area (Å²) in [6.45, 7) is 9.45. The first-order chi connectivity index (χ1) is 10.5. The number of benzene rings is 1. The first-order valence-corrected chi connectivity index (χ1v) is 8.13. The monoisotopic (exact) mass is 364 g/mol. The minimum Gasteiger partial charge on any atom is -0.444 e. The number of amides is 1. The van der Waals surface area contributed by atoms with Crippen LogP contribution in [0.25, 0.3) is 0 Å². The van der Waals surface area contributed by atoms with Gasteiger partial charge in [-0.05, 0) is 46.8 Å². The summed E-state index contributed by atoms with van der Waals surface area (Å²) in [6.07, 6.45) is -0.486. The maximum atomic E-state index is 13.6. The molecule has 0 bridgehead atoms. The second-order valence-electron chi connectivity index (χ2n) is 6.43. The van der Waals surface area contributed by atoms with Crippen LogP contribution < -0.4 is 10.6 Å². The van der Waals surface area contributed by atoms with E-state index in [1.165, 1.54) is 12.1 Å². The lowest BCUT2D eigenvalue weighted by Gasteiger charge is -2.24. The number of ether oxygens (including phenoxy) is 1. The Morgan fingerprint density at radius 2 is 1.91 bits per heavy atom. The summed E-state index contributed by atoms with van der Waals surface area (Å²) < 4.78 is 18.7. The van der Waals surface area contributed by atoms with E-state index in [-0.39, 0.29) is 17.1 Å². The minimum atomic E-state index is -0.545. The fraction of sp³-hybridized carbons (Fsp3) is 0.562. The Labute approximate surface area is 146 Å². The van der Waals surface area contributed by atoms with Gasteiger partial charge in [-0.3, -0.25) is 0 Å². The van der Waals surface area contributed by atoms with Crippen LogP contribution in [0.15, 0.2) is 12.1 Å². The lowest BCUT2D eigenvalue weighted by Crippen LogP contribution is -2.42. The van der Waals surface area contributed by atoms with Gasteiger partial charge in [-0.25, -0.2) is 9.18 Å². The number of alkyl carbamates (subject to hydrolysis) is 1. The molecule has 0 saturated carbocycles. The Morgan fingerprint density at radius 3 is 2.48 bits per heavy atom. The highest BCUT2D eigenvalue weighted by Crippen LogP contribution is 2.32. The largest absolute Gasteiger partial charge is 0.444 e. The van der Waals surface area contributed by atoms with Gasteiger partial charge in [0.2, 0.25) is 0 Å². The van der Waals surface area contributed by atoms with Crippen LogP contribution >= 0.6 is 23.2 Å². The maximum absolute atomic E-state index is 13.6. The molecule has 1 rings (SSSR count). The molecule has 0 aromatic heterocycles. The topological polar surface area (TPSA) is 50.4 Å². The molecule has 130 valence electrons. The van der Waals surface area contributed by atoms with Crippen molar-refractivity contribution in [1.29, 1.82) is 0 Å². The van der Waals surface area contributed by atoms with Crippen LogP contribution in [0.4, 0.5) is 9.18 Å². The summed E-state index contributed by atoms with van der Waals surface area (Å²) in [5, 5.41) is 6.29. The Bertz CT molecular complexity index is 562. The van der Waals surface area contributed by atoms with E-state index in [0.717, 1.165) is 0 Å². The van der Waals surface area contributed by atoms with E-state index >= 15 is 0 Å². The van der Waals surface area contributed by atoms with Crippen LogP contribution in [-0.2, 0) is 4.74 Å². The van der Waals surface area contributed by atoms with E-state index in [4.69, 9.17) is 27.9 Å². The van der Waals surface area contributed by atoms with Crippen molar-refractivity contribution in [1.82, 2.24) is 10.6 Å². The van der Waals surface area contributed by atoms with Crippen LogP contribution in [0.3, 0.4) is 0 Å². The van der Waals surface area contributed by atoms with Crippen LogP contribution in [0.5, 0.6) is 0 Å². The van der Waals surface area contributed by atoms with Crippen molar-refractivity contribution < 1.29 is 13.9 Å². The molecule has 0 aliphatic heterocycles. The summed E-state index contributed by atoms with van der Waals surface area (Å²) >= 11 is 12.1. The molecule has 0 heterocycles. The average Bonchev–Trinajstić information content (AvgIpc) is 2.39. The molecule has 2 atom stereocenters. The third-order valence-electron chi connectivity index (χ3n) is 3.00. The Hall–Kier alpha value is -1.04. The zero-order valence-corrected chi connectivity index (χ0v) is 15.5. The molecule has 0 aliphatic carbocycles. The molecule has 0 radical (unpaired) electrons. The van der Waals surface area contributed by atoms with E-state index in [0.29, 0.717) is 17.1 Å². The van der Waals surface area contributed by atoms with E-state index in [1.54, 1.807) is 20.8 Å². The normalized spacial score (nSPS) is 14.3. The second-order valence-corrected chi connectivity index (χ2v) is 7.21. The van der Waals surface area contributed by atoms with E-state index in [1.807, 2.05) is 13.8 Å². The van der Waals surface area contributed by atoms with Gasteiger partial charge in [-0.15, -0.1) is 0 Å². The van der Waals surface area contributed by atoms with Gasteiger partial charge in [-0.1, -0.05) is 23.2 Å². The second kappa shape index (κ2) is 8.18. The van der Waals surface area contributed by atoms with Crippen molar-refractivity contribution in [3.05, 3.63) is 33.6 Å². The highest BCUT2D eigenvalue weighted by atomic mass is 35.5. The number of rotatable bonds is 5. The van der Waals surface area contributed by atoms with Crippen molar-refractivity contribution >= 4 is 29.3 Å². The van der Waals surface area contributed by atoms with Crippen molar-refractivity contribution in [2.75, 3.05) is 6.54 Å². The smallest absolute Gasteiger partial charge is 0.407 e. The van der Waals surface area contributed by atoms with Gasteiger partial charge in [0.05, 0.1) is 5.02 Å². The summed E-state index contributed by atoms with van der Waals surface area (Å²) in [7, 11) is 0. The third-order valence-corrected chi connectivity index (χ3v) is 3.71. The molecule has 1 aromatic carbocycles. The summed E-state index contributed by atoms with van der Waals surface area (Å²) in [6, 6.07) is 2.34. The number of hydrogen-bond donors (Lipinski definition) is 2. The summed E-state index contributed by atoms with van der Waals surface area (Å²) in [5.74, 6) is -0.515. The van der Waals surface area contributed by atoms with E-state index in [9.17, 15) is 9.18 Å². The first-order valence-electron chi connectivity index (χ1n) is 7.37. The number of carbonyl (C=O) groups is 1. The highest BCUT2D eigenvalue weighted by molar-refractivity contribution is 6.36. The Balaban J connectivity index is 2.60. The SMILES string of the molecule is CC(CNC(=O)OC(C)(C)C)NC(C)c1c(Cl)ccc(F)c1Cl. The van der Waals surface area contributed by atoms with Crippen molar-refractivity contribution in [2.24, 2.45) is 0 Å². The zero-order valence-electron chi connectivity index (χ0n) is 14.0. The molecule has 2 N–H and O–H groups in total. The van der Waals surface area contributed by atoms with E-state index < -0.39 is 17.5 Å². The standard InChI is InChI=1S/C16H23Cl2FN2O2/c1-9(8-20-15(22)23-16(3,4)5)21-10(2)13-11(17)6-7-12(19)14(13)18/h6-7,9-10,21H,8H2,1-5H3,(H,20,22). The number of carbonyl (C=O) groups excluding carboxylic acids is 1. The molecule has 23 heavy (non-hydrogen) atoms. The van der Waals surface area contributed by atoms with Gasteiger partial charge in [0.15, 0.2) is 0 Å². The first kappa shape index (κ1) is 20.0. The molecule has 2 unspecified atom stereocenters. The number of nitrogens with one attached hydrogen (secondary N) is 2. The van der Waals surface area contributed by atoms with Gasteiger partial charge in [0, 0.05) is 29.2 Å². The molecule has 4 nitrogen and oxygen atoms in total. The van der Waals surface area contributed by atoms with Gasteiger partial charge >= 0.3 is 6.09 Å². The lowest BCUT2D eigenvalue weighted by atomic mass is 10.1. The third kappa shape index (κ3) is 6.53. The van der Waals surface area contributed by atoms with Crippen LogP contribution in [0.2, 0.25) is 10.0 Å². The van der Waals surface area contributed by atoms with Crippen LogP contribution in [-0.4, -0.2) is 24.3 Å². The quantitative estimate of drug-likeness (QED) is 0.744. The van der Waals surface area contributed by atoms with Crippen LogP contribution in [0, 0.1) is 5.82 Å². The molecule has 0 saturated heterocycles.